The van der Waals surface area contributed by atoms with Crippen LogP contribution in [0.1, 0.15) is 27.1 Å². The summed E-state index contributed by atoms with van der Waals surface area (Å²) >= 11 is 0. The van der Waals surface area contributed by atoms with Crippen LogP contribution >= 0.6 is 0 Å². The standard InChI is InChI=1S/C15H11N3O2/c19-14(11-4-3-6-16-9-11)8-15(20)12-10-17-18-7-2-1-5-13(12)18/h1-7,9-10H,8H2. The lowest BCUT2D eigenvalue weighted by Gasteiger charge is -1.99. The van der Waals surface area contributed by atoms with Gasteiger partial charge in [-0.3, -0.25) is 14.6 Å². The third-order valence-electron chi connectivity index (χ3n) is 3.03. The maximum atomic E-state index is 12.2. The highest BCUT2D eigenvalue weighted by Crippen LogP contribution is 2.14. The number of fused-ring (bicyclic) bond motifs is 1. The van der Waals surface area contributed by atoms with Crippen molar-refractivity contribution in [2.45, 2.75) is 6.42 Å². The number of nitrogens with zero attached hydrogens (tertiary/aromatic N) is 3. The molecule has 0 saturated heterocycles. The Balaban J connectivity index is 1.85. The van der Waals surface area contributed by atoms with E-state index in [-0.39, 0.29) is 18.0 Å². The number of ketones is 2. The monoisotopic (exact) mass is 265 g/mol. The minimum atomic E-state index is -0.238. The zero-order chi connectivity index (χ0) is 13.9. The zero-order valence-electron chi connectivity index (χ0n) is 10.6. The highest BCUT2D eigenvalue weighted by molar-refractivity contribution is 6.15. The predicted octanol–water partition coefficient (Wildman–Crippen LogP) is 2.18. The Bertz CT molecular complexity index is 778. The second kappa shape index (κ2) is 5.05. The number of Topliss-reactive ketones (excluding diaryl/α,β-unsaturated/α-hetero) is 2. The van der Waals surface area contributed by atoms with Gasteiger partial charge in [0.05, 0.1) is 23.7 Å². The van der Waals surface area contributed by atoms with Crippen LogP contribution in [-0.2, 0) is 0 Å². The molecule has 0 fully saturated rings. The summed E-state index contributed by atoms with van der Waals surface area (Å²) in [5.74, 6) is -0.474. The van der Waals surface area contributed by atoms with E-state index in [9.17, 15) is 9.59 Å². The van der Waals surface area contributed by atoms with Gasteiger partial charge in [0, 0.05) is 24.2 Å². The normalized spacial score (nSPS) is 10.6. The van der Waals surface area contributed by atoms with Crippen molar-refractivity contribution >= 4 is 17.1 Å². The van der Waals surface area contributed by atoms with Crippen LogP contribution in [0.25, 0.3) is 5.52 Å². The first-order chi connectivity index (χ1) is 9.75. The van der Waals surface area contributed by atoms with Crippen molar-refractivity contribution < 1.29 is 9.59 Å². The van der Waals surface area contributed by atoms with Gasteiger partial charge in [0.25, 0.3) is 0 Å². The molecule has 3 aromatic heterocycles. The number of carbonyl (C=O) groups excluding carboxylic acids is 2. The second-order valence-electron chi connectivity index (χ2n) is 4.35. The van der Waals surface area contributed by atoms with Gasteiger partial charge in [-0.1, -0.05) is 6.07 Å². The Morgan fingerprint density at radius 1 is 1.05 bits per heavy atom. The third-order valence-corrected chi connectivity index (χ3v) is 3.03. The van der Waals surface area contributed by atoms with Gasteiger partial charge in [-0.15, -0.1) is 0 Å². The zero-order valence-corrected chi connectivity index (χ0v) is 10.6. The molecule has 0 atom stereocenters. The molecule has 20 heavy (non-hydrogen) atoms. The summed E-state index contributed by atoms with van der Waals surface area (Å²) in [6, 6.07) is 8.78. The summed E-state index contributed by atoms with van der Waals surface area (Å²) in [7, 11) is 0. The molecule has 0 spiro atoms. The van der Waals surface area contributed by atoms with E-state index in [0.29, 0.717) is 16.6 Å². The van der Waals surface area contributed by atoms with Crippen LogP contribution in [-0.4, -0.2) is 26.2 Å². The number of aromatic nitrogens is 3. The molecular formula is C15H11N3O2. The highest BCUT2D eigenvalue weighted by Gasteiger charge is 2.17. The summed E-state index contributed by atoms with van der Waals surface area (Å²) in [6.07, 6.45) is 6.13. The summed E-state index contributed by atoms with van der Waals surface area (Å²) in [5, 5.41) is 4.09. The molecule has 0 amide bonds. The van der Waals surface area contributed by atoms with Gasteiger partial charge in [-0.05, 0) is 24.3 Å². The molecule has 5 heteroatoms. The maximum Gasteiger partial charge on any atom is 0.174 e. The predicted molar refractivity (Wildman–Crippen MR) is 72.7 cm³/mol. The van der Waals surface area contributed by atoms with Crippen molar-refractivity contribution in [1.82, 2.24) is 14.6 Å². The summed E-state index contributed by atoms with van der Waals surface area (Å²) in [6.45, 7) is 0. The van der Waals surface area contributed by atoms with E-state index in [1.54, 1.807) is 35.1 Å². The van der Waals surface area contributed by atoms with E-state index in [0.717, 1.165) is 0 Å². The van der Waals surface area contributed by atoms with Crippen molar-refractivity contribution in [3.63, 3.8) is 0 Å². The van der Waals surface area contributed by atoms with Crippen molar-refractivity contribution in [3.05, 3.63) is 66.2 Å². The van der Waals surface area contributed by atoms with E-state index in [4.69, 9.17) is 0 Å². The highest BCUT2D eigenvalue weighted by atomic mass is 16.1. The van der Waals surface area contributed by atoms with Gasteiger partial charge < -0.3 is 0 Å². The smallest absolute Gasteiger partial charge is 0.174 e. The third kappa shape index (κ3) is 2.21. The topological polar surface area (TPSA) is 64.3 Å². The van der Waals surface area contributed by atoms with Gasteiger partial charge in [0.1, 0.15) is 0 Å². The average Bonchev–Trinajstić information content (AvgIpc) is 2.92. The number of carbonyl (C=O) groups is 2. The number of hydrogen-bond acceptors (Lipinski definition) is 4. The van der Waals surface area contributed by atoms with Crippen molar-refractivity contribution in [2.24, 2.45) is 0 Å². The van der Waals surface area contributed by atoms with Crippen molar-refractivity contribution in [3.8, 4) is 0 Å². The van der Waals surface area contributed by atoms with Gasteiger partial charge >= 0.3 is 0 Å². The largest absolute Gasteiger partial charge is 0.294 e. The van der Waals surface area contributed by atoms with E-state index in [1.165, 1.54) is 12.4 Å². The Morgan fingerprint density at radius 3 is 2.75 bits per heavy atom. The van der Waals surface area contributed by atoms with Crippen LogP contribution in [0.3, 0.4) is 0 Å². The lowest BCUT2D eigenvalue weighted by Crippen LogP contribution is -2.08. The van der Waals surface area contributed by atoms with Gasteiger partial charge in [-0.2, -0.15) is 5.10 Å². The molecule has 0 aliphatic rings. The molecule has 0 N–H and O–H groups in total. The first kappa shape index (κ1) is 12.2. The fraction of sp³-hybridized carbons (Fsp3) is 0.0667. The molecule has 0 aliphatic carbocycles. The SMILES string of the molecule is O=C(CC(=O)c1cnn2ccccc12)c1cccnc1. The van der Waals surface area contributed by atoms with Gasteiger partial charge in [0.2, 0.25) is 0 Å². The van der Waals surface area contributed by atoms with E-state index in [2.05, 4.69) is 10.1 Å². The molecule has 0 bridgehead atoms. The van der Waals surface area contributed by atoms with Crippen LogP contribution < -0.4 is 0 Å². The molecule has 5 nitrogen and oxygen atoms in total. The molecular weight excluding hydrogens is 254 g/mol. The minimum Gasteiger partial charge on any atom is -0.294 e. The number of pyridine rings is 2. The van der Waals surface area contributed by atoms with E-state index < -0.39 is 0 Å². The van der Waals surface area contributed by atoms with Crippen LogP contribution in [0.5, 0.6) is 0 Å². The van der Waals surface area contributed by atoms with Crippen LogP contribution in [0.4, 0.5) is 0 Å². The minimum absolute atomic E-state index is 0.179. The fourth-order valence-corrected chi connectivity index (χ4v) is 2.02. The Labute approximate surface area is 114 Å². The fourth-order valence-electron chi connectivity index (χ4n) is 2.02. The first-order valence-electron chi connectivity index (χ1n) is 6.14. The molecule has 0 aliphatic heterocycles. The number of rotatable bonds is 4. The quantitative estimate of drug-likeness (QED) is 0.535. The summed E-state index contributed by atoms with van der Waals surface area (Å²) in [4.78, 5) is 28.1. The van der Waals surface area contributed by atoms with Crippen LogP contribution in [0.2, 0.25) is 0 Å². The van der Waals surface area contributed by atoms with Crippen molar-refractivity contribution in [2.75, 3.05) is 0 Å². The summed E-state index contributed by atoms with van der Waals surface area (Å²) < 4.78 is 1.61. The molecule has 98 valence electrons. The number of hydrogen-bond donors (Lipinski definition) is 0. The van der Waals surface area contributed by atoms with Gasteiger partial charge in [-0.25, -0.2) is 4.52 Å². The van der Waals surface area contributed by atoms with Crippen LogP contribution in [0, 0.1) is 0 Å². The second-order valence-corrected chi connectivity index (χ2v) is 4.35. The average molecular weight is 265 g/mol. The molecule has 0 saturated carbocycles. The molecule has 3 aromatic rings. The molecule has 0 radical (unpaired) electrons. The maximum absolute atomic E-state index is 12.2. The Morgan fingerprint density at radius 2 is 1.95 bits per heavy atom. The molecule has 3 rings (SSSR count). The molecule has 0 aromatic carbocycles. The lowest BCUT2D eigenvalue weighted by atomic mass is 10.0. The van der Waals surface area contributed by atoms with Crippen LogP contribution in [0.15, 0.2) is 55.1 Å². The lowest BCUT2D eigenvalue weighted by molar-refractivity contribution is 0.0895. The summed E-state index contributed by atoms with van der Waals surface area (Å²) in [5.41, 5.74) is 1.61. The Kier molecular flexibility index (Phi) is 3.09. The van der Waals surface area contributed by atoms with E-state index >= 15 is 0 Å². The molecule has 0 unspecified atom stereocenters. The first-order valence-corrected chi connectivity index (χ1v) is 6.14. The van der Waals surface area contributed by atoms with Crippen molar-refractivity contribution in [1.29, 1.82) is 0 Å². The molecule has 3 heterocycles. The Hall–Kier alpha value is -2.82. The van der Waals surface area contributed by atoms with Gasteiger partial charge in [0.15, 0.2) is 11.6 Å². The van der Waals surface area contributed by atoms with E-state index in [1.807, 2.05) is 12.1 Å².